The monoisotopic (exact) mass is 638 g/mol. The first kappa shape index (κ1) is 29.5. The highest BCUT2D eigenvalue weighted by Crippen LogP contribution is 2.47. The lowest BCUT2D eigenvalue weighted by atomic mass is 9.91. The molecule has 0 aliphatic carbocycles. The fourth-order valence-electron chi connectivity index (χ4n) is 7.25. The summed E-state index contributed by atoms with van der Waals surface area (Å²) in [5, 5.41) is 24.9. The summed E-state index contributed by atoms with van der Waals surface area (Å²) in [7, 11) is 0. The molecule has 2 unspecified atom stereocenters. The number of hydrogen-bond acceptors (Lipinski definition) is 4. The van der Waals surface area contributed by atoms with Crippen molar-refractivity contribution in [3.05, 3.63) is 108 Å². The van der Waals surface area contributed by atoms with E-state index >= 15 is 0 Å². The van der Waals surface area contributed by atoms with Gasteiger partial charge in [-0.15, -0.1) is 23.2 Å². The zero-order chi connectivity index (χ0) is 31.2. The Balaban J connectivity index is 1.21. The fraction of sp³-hybridized carbons (Fsp3) is 0.243. The van der Waals surface area contributed by atoms with Crippen LogP contribution in [0.3, 0.4) is 0 Å². The summed E-state index contributed by atoms with van der Waals surface area (Å²) < 4.78 is 0. The summed E-state index contributed by atoms with van der Waals surface area (Å²) in [4.78, 5) is 31.7. The van der Waals surface area contributed by atoms with Crippen molar-refractivity contribution in [2.24, 2.45) is 0 Å². The average molecular weight is 640 g/mol. The van der Waals surface area contributed by atoms with Gasteiger partial charge in [0, 0.05) is 78.4 Å². The molecule has 2 N–H and O–H groups in total. The Hall–Kier alpha value is -4.26. The molecule has 2 aliphatic heterocycles. The molecule has 8 heteroatoms. The third-order valence-corrected chi connectivity index (χ3v) is 10.1. The van der Waals surface area contributed by atoms with Crippen molar-refractivity contribution in [1.29, 1.82) is 0 Å². The predicted molar refractivity (Wildman–Crippen MR) is 181 cm³/mol. The van der Waals surface area contributed by atoms with E-state index in [4.69, 9.17) is 23.2 Å². The molecule has 2 amide bonds. The van der Waals surface area contributed by atoms with E-state index in [0.717, 1.165) is 38.2 Å². The lowest BCUT2D eigenvalue weighted by Gasteiger charge is -2.25. The van der Waals surface area contributed by atoms with Crippen LogP contribution in [-0.4, -0.2) is 46.9 Å². The zero-order valence-electron chi connectivity index (χ0n) is 24.5. The fourth-order valence-corrected chi connectivity index (χ4v) is 7.76. The second-order valence-corrected chi connectivity index (χ2v) is 12.6. The van der Waals surface area contributed by atoms with E-state index in [9.17, 15) is 19.8 Å². The van der Waals surface area contributed by atoms with Crippen molar-refractivity contribution >= 4 is 67.9 Å². The summed E-state index contributed by atoms with van der Waals surface area (Å²) >= 11 is 12.8. The number of benzene rings is 5. The number of fused-ring (bicyclic) bond motifs is 6. The predicted octanol–water partition coefficient (Wildman–Crippen LogP) is 8.01. The molecule has 0 fully saturated rings. The molecule has 2 aliphatic rings. The number of rotatable bonds is 7. The second kappa shape index (κ2) is 11.9. The molecule has 228 valence electrons. The second-order valence-electron chi connectivity index (χ2n) is 12.0. The topological polar surface area (TPSA) is 81.1 Å². The molecule has 5 aromatic rings. The molecule has 45 heavy (non-hydrogen) atoms. The van der Waals surface area contributed by atoms with Gasteiger partial charge < -0.3 is 20.0 Å². The van der Waals surface area contributed by atoms with Crippen LogP contribution in [0.15, 0.2) is 91.0 Å². The number of carbonyl (C=O) groups excluding carboxylic acids is 2. The smallest absolute Gasteiger partial charge is 0.227 e. The van der Waals surface area contributed by atoms with Crippen LogP contribution in [0.25, 0.3) is 21.5 Å². The first-order valence-corrected chi connectivity index (χ1v) is 16.2. The Morgan fingerprint density at radius 2 is 1.04 bits per heavy atom. The summed E-state index contributed by atoms with van der Waals surface area (Å²) in [6.45, 7) is 0.813. The number of hydrogen-bond donors (Lipinski definition) is 2. The van der Waals surface area contributed by atoms with Gasteiger partial charge in [0.05, 0.1) is 11.4 Å². The van der Waals surface area contributed by atoms with Crippen molar-refractivity contribution in [1.82, 2.24) is 0 Å². The zero-order valence-corrected chi connectivity index (χ0v) is 26.0. The number of aromatic hydroxyl groups is 2. The van der Waals surface area contributed by atoms with E-state index in [1.165, 1.54) is 0 Å². The van der Waals surface area contributed by atoms with Gasteiger partial charge in [-0.05, 0) is 27.5 Å². The van der Waals surface area contributed by atoms with Gasteiger partial charge in [0.25, 0.3) is 0 Å². The van der Waals surface area contributed by atoms with E-state index < -0.39 is 5.92 Å². The minimum Gasteiger partial charge on any atom is -0.507 e. The molecule has 0 aromatic heterocycles. The molecule has 0 spiro atoms. The maximum absolute atomic E-state index is 14.1. The molecule has 2 heterocycles. The Labute approximate surface area is 271 Å². The standard InChI is InChI=1S/C37H32Cl2N2O4/c38-18-24-20-40(30-16-32(42)26-10-4-6-12-28(26)36(24)30)34(44)14-23(22-8-2-1-3-9-22)15-35(45)41-21-25(19-39)37-29-13-7-5-11-27(29)33(43)17-31(37)41/h1-13,16-17,23-25,42-43H,14-15,18-21H2. The van der Waals surface area contributed by atoms with Gasteiger partial charge in [0.1, 0.15) is 11.5 Å². The Bertz CT molecular complexity index is 1830. The van der Waals surface area contributed by atoms with E-state index in [2.05, 4.69) is 0 Å². The lowest BCUT2D eigenvalue weighted by molar-refractivity contribution is -0.120. The maximum Gasteiger partial charge on any atom is 0.227 e. The van der Waals surface area contributed by atoms with Crippen LogP contribution in [0.1, 0.15) is 47.3 Å². The van der Waals surface area contributed by atoms with Gasteiger partial charge in [-0.25, -0.2) is 0 Å². The highest BCUT2D eigenvalue weighted by Gasteiger charge is 2.38. The van der Waals surface area contributed by atoms with E-state index in [1.807, 2.05) is 78.9 Å². The number of alkyl halides is 2. The number of amides is 2. The van der Waals surface area contributed by atoms with Crippen LogP contribution < -0.4 is 9.80 Å². The normalized spacial score (nSPS) is 17.9. The average Bonchev–Trinajstić information content (AvgIpc) is 3.63. The van der Waals surface area contributed by atoms with Crippen molar-refractivity contribution in [3.8, 4) is 11.5 Å². The van der Waals surface area contributed by atoms with Crippen LogP contribution in [0.5, 0.6) is 11.5 Å². The number of nitrogens with zero attached hydrogens (tertiary/aromatic N) is 2. The molecule has 0 radical (unpaired) electrons. The van der Waals surface area contributed by atoms with Crippen molar-refractivity contribution in [2.45, 2.75) is 30.6 Å². The lowest BCUT2D eigenvalue weighted by Crippen LogP contribution is -2.34. The van der Waals surface area contributed by atoms with Gasteiger partial charge in [0.2, 0.25) is 11.8 Å². The largest absolute Gasteiger partial charge is 0.507 e. The third-order valence-electron chi connectivity index (χ3n) is 9.38. The van der Waals surface area contributed by atoms with E-state index in [1.54, 1.807) is 21.9 Å². The molecule has 6 nitrogen and oxygen atoms in total. The summed E-state index contributed by atoms with van der Waals surface area (Å²) in [6.07, 6.45) is 0.195. The first-order valence-electron chi connectivity index (χ1n) is 15.2. The van der Waals surface area contributed by atoms with Gasteiger partial charge >= 0.3 is 0 Å². The minimum absolute atomic E-state index is 0.0796. The summed E-state index contributed by atoms with van der Waals surface area (Å²) in [5.41, 5.74) is 4.16. The van der Waals surface area contributed by atoms with Crippen molar-refractivity contribution in [3.63, 3.8) is 0 Å². The van der Waals surface area contributed by atoms with Crippen molar-refractivity contribution in [2.75, 3.05) is 34.6 Å². The molecule has 0 saturated heterocycles. The van der Waals surface area contributed by atoms with Gasteiger partial charge in [-0.3, -0.25) is 9.59 Å². The van der Waals surface area contributed by atoms with Gasteiger partial charge in [-0.2, -0.15) is 0 Å². The van der Waals surface area contributed by atoms with E-state index in [-0.39, 0.29) is 48.0 Å². The molecule has 7 rings (SSSR count). The number of phenolic OH excluding ortho intramolecular Hbond substituents is 2. The quantitative estimate of drug-likeness (QED) is 0.177. The number of halogens is 2. The summed E-state index contributed by atoms with van der Waals surface area (Å²) in [6, 6.07) is 28.2. The molecule has 2 atom stereocenters. The number of carbonyl (C=O) groups is 2. The van der Waals surface area contributed by atoms with Crippen LogP contribution in [-0.2, 0) is 9.59 Å². The Morgan fingerprint density at radius 1 is 0.644 bits per heavy atom. The Morgan fingerprint density at radius 3 is 1.47 bits per heavy atom. The molecule has 0 bridgehead atoms. The van der Waals surface area contributed by atoms with Crippen LogP contribution in [0.4, 0.5) is 11.4 Å². The van der Waals surface area contributed by atoms with Crippen molar-refractivity contribution < 1.29 is 19.8 Å². The third kappa shape index (κ3) is 5.06. The van der Waals surface area contributed by atoms with Crippen LogP contribution in [0, 0.1) is 0 Å². The maximum atomic E-state index is 14.1. The van der Waals surface area contributed by atoms with Gasteiger partial charge in [0.15, 0.2) is 0 Å². The number of phenols is 2. The van der Waals surface area contributed by atoms with Crippen LogP contribution >= 0.6 is 23.2 Å². The first-order chi connectivity index (χ1) is 21.9. The van der Waals surface area contributed by atoms with Gasteiger partial charge in [-0.1, -0.05) is 78.9 Å². The highest BCUT2D eigenvalue weighted by atomic mass is 35.5. The molecule has 0 saturated carbocycles. The highest BCUT2D eigenvalue weighted by molar-refractivity contribution is 6.19. The molecular weight excluding hydrogens is 607 g/mol. The van der Waals surface area contributed by atoms with E-state index in [0.29, 0.717) is 36.2 Å². The Kier molecular flexibility index (Phi) is 7.80. The van der Waals surface area contributed by atoms with Crippen LogP contribution in [0.2, 0.25) is 0 Å². The number of anilines is 2. The molecule has 5 aromatic carbocycles. The minimum atomic E-state index is -0.397. The SMILES string of the molecule is O=C(CC(CC(=O)N1CC(CCl)c2c1cc(O)c1ccccc21)c1ccccc1)N1CC(CCl)c2c1cc(O)c1ccccc21. The summed E-state index contributed by atoms with van der Waals surface area (Å²) in [5.74, 6) is 0.0787. The molecular formula is C37H32Cl2N2O4.